The molecular weight excluding hydrogens is 668 g/mol. The molecular formula is C40H50N2O10. The zero-order chi connectivity index (χ0) is 37.9. The lowest BCUT2D eigenvalue weighted by Crippen LogP contribution is -2.44. The van der Waals surface area contributed by atoms with E-state index in [1.165, 1.54) is 9.80 Å². The first-order valence-corrected chi connectivity index (χ1v) is 17.4. The summed E-state index contributed by atoms with van der Waals surface area (Å²) in [4.78, 5) is 52.5. The molecule has 52 heavy (non-hydrogen) atoms. The number of rotatable bonds is 8. The monoisotopic (exact) mass is 718 g/mol. The number of β-amino-alcohol motifs (C(OH)–C–C–N with tert-alkyl or cyclic N) is 1. The van der Waals surface area contributed by atoms with Crippen molar-refractivity contribution in [2.75, 3.05) is 13.1 Å². The van der Waals surface area contributed by atoms with Crippen molar-refractivity contribution < 1.29 is 48.0 Å². The summed E-state index contributed by atoms with van der Waals surface area (Å²) in [5.41, 5.74) is 0.430. The van der Waals surface area contributed by atoms with Crippen molar-refractivity contribution in [1.29, 1.82) is 0 Å². The van der Waals surface area contributed by atoms with Gasteiger partial charge in [0, 0.05) is 12.8 Å². The summed E-state index contributed by atoms with van der Waals surface area (Å²) < 4.78 is 27.5. The fourth-order valence-corrected chi connectivity index (χ4v) is 5.53. The highest BCUT2D eigenvalue weighted by molar-refractivity contribution is 5.83. The molecule has 2 aliphatic rings. The summed E-state index contributed by atoms with van der Waals surface area (Å²) in [6, 6.07) is 26.5. The quantitative estimate of drug-likeness (QED) is 0.209. The average Bonchev–Trinajstić information content (AvgIpc) is 3.70. The van der Waals surface area contributed by atoms with Gasteiger partial charge in [0.05, 0.1) is 19.2 Å². The minimum Gasteiger partial charge on any atom is -0.488 e. The van der Waals surface area contributed by atoms with E-state index >= 15 is 0 Å². The van der Waals surface area contributed by atoms with Gasteiger partial charge in [-0.15, -0.1) is 0 Å². The molecule has 2 heterocycles. The van der Waals surface area contributed by atoms with E-state index in [1.807, 2.05) is 91.0 Å². The van der Waals surface area contributed by atoms with Gasteiger partial charge in [-0.1, -0.05) is 78.9 Å². The van der Waals surface area contributed by atoms with E-state index in [0.717, 1.165) is 11.1 Å². The van der Waals surface area contributed by atoms with Gasteiger partial charge in [-0.3, -0.25) is 9.80 Å². The standard InChI is InChI=1S/C23H27NO5.C17H23NO5/c1-23(2,3)29-22(26)24-15-19(28-18-12-8-5-9-13-18)14-20(24)21(25)27-16-17-10-6-4-7-11-17;1-17(2,3)23-16(21)18-10-13(19)9-14(18)15(20)22-11-12-7-5-4-6-8-12/h4-13,19-20H,14-16H2,1-3H3;4-8,13-14,19H,9-11H2,1-3H3/t19-,20-;13-,14-/m10/s1. The Hall–Kier alpha value is -5.10. The number of esters is 2. The second-order valence-corrected chi connectivity index (χ2v) is 14.7. The molecule has 12 heteroatoms. The molecule has 280 valence electrons. The number of amides is 2. The first-order chi connectivity index (χ1) is 24.6. The van der Waals surface area contributed by atoms with Crippen LogP contribution >= 0.6 is 0 Å². The van der Waals surface area contributed by atoms with E-state index in [1.54, 1.807) is 41.5 Å². The van der Waals surface area contributed by atoms with Crippen LogP contribution in [-0.2, 0) is 41.8 Å². The highest BCUT2D eigenvalue weighted by Crippen LogP contribution is 2.27. The molecule has 2 fully saturated rings. The van der Waals surface area contributed by atoms with Gasteiger partial charge in [0.25, 0.3) is 0 Å². The average molecular weight is 719 g/mol. The molecule has 1 N–H and O–H groups in total. The van der Waals surface area contributed by atoms with Crippen LogP contribution in [0.15, 0.2) is 91.0 Å². The third-order valence-electron chi connectivity index (χ3n) is 7.84. The Labute approximate surface area is 305 Å². The molecule has 2 amide bonds. The number of hydrogen-bond donors (Lipinski definition) is 1. The van der Waals surface area contributed by atoms with Crippen LogP contribution in [0, 0.1) is 0 Å². The number of nitrogens with zero attached hydrogens (tertiary/aromatic N) is 2. The van der Waals surface area contributed by atoms with Crippen LogP contribution in [0.1, 0.15) is 65.5 Å². The minimum atomic E-state index is -0.816. The Balaban J connectivity index is 0.000000239. The molecule has 0 bridgehead atoms. The maximum Gasteiger partial charge on any atom is 0.411 e. The highest BCUT2D eigenvalue weighted by Gasteiger charge is 2.44. The number of ether oxygens (including phenoxy) is 5. The molecule has 2 saturated heterocycles. The lowest BCUT2D eigenvalue weighted by Gasteiger charge is -2.27. The summed E-state index contributed by atoms with van der Waals surface area (Å²) in [6.07, 6.45) is -1.72. The molecule has 4 atom stereocenters. The third kappa shape index (κ3) is 12.6. The van der Waals surface area contributed by atoms with Crippen LogP contribution in [0.25, 0.3) is 0 Å². The Bertz CT molecular complexity index is 1610. The van der Waals surface area contributed by atoms with Crippen molar-refractivity contribution >= 4 is 24.1 Å². The van der Waals surface area contributed by atoms with Gasteiger partial charge >= 0.3 is 24.1 Å². The molecule has 12 nitrogen and oxygen atoms in total. The van der Waals surface area contributed by atoms with Gasteiger partial charge in [0.15, 0.2) is 0 Å². The minimum absolute atomic E-state index is 0.0695. The third-order valence-corrected chi connectivity index (χ3v) is 7.84. The first kappa shape index (κ1) is 39.7. The molecule has 0 spiro atoms. The van der Waals surface area contributed by atoms with Gasteiger partial charge in [-0.05, 0) is 64.8 Å². The van der Waals surface area contributed by atoms with Crippen molar-refractivity contribution in [2.24, 2.45) is 0 Å². The van der Waals surface area contributed by atoms with Gasteiger partial charge in [0.1, 0.15) is 48.4 Å². The first-order valence-electron chi connectivity index (χ1n) is 17.4. The number of carbonyl (C=O) groups excluding carboxylic acids is 4. The number of aliphatic hydroxyl groups excluding tert-OH is 1. The summed E-state index contributed by atoms with van der Waals surface area (Å²) in [6.45, 7) is 11.2. The largest absolute Gasteiger partial charge is 0.488 e. The fraction of sp³-hybridized carbons (Fsp3) is 0.450. The van der Waals surface area contributed by atoms with Crippen molar-refractivity contribution in [3.63, 3.8) is 0 Å². The predicted molar refractivity (Wildman–Crippen MR) is 192 cm³/mol. The lowest BCUT2D eigenvalue weighted by atomic mass is 10.2. The van der Waals surface area contributed by atoms with Crippen molar-refractivity contribution in [1.82, 2.24) is 9.80 Å². The zero-order valence-electron chi connectivity index (χ0n) is 30.7. The maximum atomic E-state index is 12.8. The number of benzene rings is 3. The van der Waals surface area contributed by atoms with Gasteiger partial charge in [-0.2, -0.15) is 0 Å². The van der Waals surface area contributed by atoms with Crippen LogP contribution < -0.4 is 4.74 Å². The second-order valence-electron chi connectivity index (χ2n) is 14.7. The predicted octanol–water partition coefficient (Wildman–Crippen LogP) is 6.29. The molecule has 0 unspecified atom stereocenters. The molecule has 0 aromatic heterocycles. The second kappa shape index (κ2) is 17.9. The summed E-state index contributed by atoms with van der Waals surface area (Å²) >= 11 is 0. The van der Waals surface area contributed by atoms with E-state index in [-0.39, 0.29) is 38.8 Å². The zero-order valence-corrected chi connectivity index (χ0v) is 30.7. The molecule has 0 radical (unpaired) electrons. The molecule has 0 saturated carbocycles. The summed E-state index contributed by atoms with van der Waals surface area (Å²) in [5.74, 6) is -0.296. The van der Waals surface area contributed by atoms with E-state index < -0.39 is 53.5 Å². The van der Waals surface area contributed by atoms with Crippen molar-refractivity contribution in [2.45, 2.75) is 103 Å². The Morgan fingerprint density at radius 1 is 0.615 bits per heavy atom. The van der Waals surface area contributed by atoms with Crippen LogP contribution in [0.5, 0.6) is 5.75 Å². The van der Waals surface area contributed by atoms with Gasteiger partial charge < -0.3 is 28.8 Å². The SMILES string of the molecule is CC(C)(C)OC(=O)N1C[C@@H](O)C[C@H]1C(=O)OCc1ccccc1.CC(C)(C)OC(=O)N1C[C@H](Oc2ccccc2)C[C@@H]1C(=O)OCc1ccccc1. The molecule has 0 aliphatic carbocycles. The molecule has 3 aromatic rings. The summed E-state index contributed by atoms with van der Waals surface area (Å²) in [7, 11) is 0. The Morgan fingerprint density at radius 3 is 1.46 bits per heavy atom. The van der Waals surface area contributed by atoms with Gasteiger partial charge in [0.2, 0.25) is 0 Å². The number of likely N-dealkylation sites (tertiary alicyclic amines) is 2. The molecule has 3 aromatic carbocycles. The number of para-hydroxylation sites is 1. The van der Waals surface area contributed by atoms with Crippen LogP contribution in [0.2, 0.25) is 0 Å². The normalized spacial score (nSPS) is 19.9. The topological polar surface area (TPSA) is 141 Å². The van der Waals surface area contributed by atoms with E-state index in [0.29, 0.717) is 12.2 Å². The summed E-state index contributed by atoms with van der Waals surface area (Å²) in [5, 5.41) is 9.79. The van der Waals surface area contributed by atoms with E-state index in [2.05, 4.69) is 0 Å². The number of hydrogen-bond acceptors (Lipinski definition) is 10. The maximum absolute atomic E-state index is 12.8. The Kier molecular flexibility index (Phi) is 13.7. The van der Waals surface area contributed by atoms with Crippen LogP contribution in [0.3, 0.4) is 0 Å². The van der Waals surface area contributed by atoms with Crippen molar-refractivity contribution in [3.05, 3.63) is 102 Å². The lowest BCUT2D eigenvalue weighted by molar-refractivity contribution is -0.150. The fourth-order valence-electron chi connectivity index (χ4n) is 5.53. The number of carbonyl (C=O) groups is 4. The van der Waals surface area contributed by atoms with E-state index in [9.17, 15) is 24.3 Å². The van der Waals surface area contributed by atoms with Crippen molar-refractivity contribution in [3.8, 4) is 5.75 Å². The van der Waals surface area contributed by atoms with Gasteiger partial charge in [-0.25, -0.2) is 19.2 Å². The van der Waals surface area contributed by atoms with Crippen LogP contribution in [-0.4, -0.2) is 87.6 Å². The van der Waals surface area contributed by atoms with Crippen LogP contribution in [0.4, 0.5) is 9.59 Å². The number of aliphatic hydroxyl groups is 1. The molecule has 5 rings (SSSR count). The molecule has 2 aliphatic heterocycles. The van der Waals surface area contributed by atoms with E-state index in [4.69, 9.17) is 23.7 Å². The highest BCUT2D eigenvalue weighted by atomic mass is 16.6. The Morgan fingerprint density at radius 2 is 1.02 bits per heavy atom. The smallest absolute Gasteiger partial charge is 0.411 e.